The predicted octanol–water partition coefficient (Wildman–Crippen LogP) is 3.06. The number of carbonyl (C=O) groups excluding carboxylic acids is 2. The molecule has 2 aromatic carbocycles. The Kier molecular flexibility index (Phi) is 5.42. The van der Waals surface area contributed by atoms with Gasteiger partial charge in [-0.2, -0.15) is 0 Å². The summed E-state index contributed by atoms with van der Waals surface area (Å²) >= 11 is 0. The van der Waals surface area contributed by atoms with E-state index in [0.717, 1.165) is 48.0 Å². The number of para-hydroxylation sites is 1. The molecule has 1 aromatic heterocycles. The lowest BCUT2D eigenvalue weighted by Crippen LogP contribution is -2.49. The predicted molar refractivity (Wildman–Crippen MR) is 110 cm³/mol. The van der Waals surface area contributed by atoms with E-state index < -0.39 is 6.04 Å². The van der Waals surface area contributed by atoms with Crippen LogP contribution in [0.4, 0.5) is 0 Å². The Morgan fingerprint density at radius 1 is 1.00 bits per heavy atom. The first kappa shape index (κ1) is 18.3. The number of nitrogens with zero attached hydrogens (tertiary/aromatic N) is 1. The first-order valence-corrected chi connectivity index (χ1v) is 9.88. The number of aromatic nitrogens is 1. The molecule has 2 amide bonds. The first-order valence-electron chi connectivity index (χ1n) is 9.88. The van der Waals surface area contributed by atoms with Gasteiger partial charge in [-0.3, -0.25) is 9.59 Å². The van der Waals surface area contributed by atoms with Gasteiger partial charge in [-0.05, 0) is 30.0 Å². The molecule has 1 atom stereocenters. The summed E-state index contributed by atoms with van der Waals surface area (Å²) < 4.78 is 0. The summed E-state index contributed by atoms with van der Waals surface area (Å²) in [5.74, 6) is -0.105. The molecule has 0 unspecified atom stereocenters. The summed E-state index contributed by atoms with van der Waals surface area (Å²) in [5, 5.41) is 4.05. The van der Waals surface area contributed by atoms with Gasteiger partial charge in [0.25, 0.3) is 0 Å². The van der Waals surface area contributed by atoms with Crippen molar-refractivity contribution in [2.75, 3.05) is 13.1 Å². The first-order chi connectivity index (χ1) is 13.7. The zero-order chi connectivity index (χ0) is 19.3. The van der Waals surface area contributed by atoms with Gasteiger partial charge in [0.2, 0.25) is 11.8 Å². The summed E-state index contributed by atoms with van der Waals surface area (Å²) in [6, 6.07) is 17.3. The van der Waals surface area contributed by atoms with Gasteiger partial charge in [0.05, 0.1) is 6.42 Å². The summed E-state index contributed by atoms with van der Waals surface area (Å²) in [4.78, 5) is 30.9. The maximum atomic E-state index is 13.0. The SMILES string of the molecule is O=C(Cc1c[nH]c2ccccc12)N[C@H](Cc1ccccc1)C(=O)N1CCCC1. The van der Waals surface area contributed by atoms with Gasteiger partial charge in [-0.25, -0.2) is 0 Å². The summed E-state index contributed by atoms with van der Waals surface area (Å²) in [6.07, 6.45) is 4.71. The van der Waals surface area contributed by atoms with E-state index in [0.29, 0.717) is 6.42 Å². The van der Waals surface area contributed by atoms with Crippen molar-refractivity contribution >= 4 is 22.7 Å². The van der Waals surface area contributed by atoms with E-state index in [1.165, 1.54) is 0 Å². The van der Waals surface area contributed by atoms with Crippen molar-refractivity contribution < 1.29 is 9.59 Å². The Morgan fingerprint density at radius 2 is 1.71 bits per heavy atom. The zero-order valence-corrected chi connectivity index (χ0v) is 15.9. The van der Waals surface area contributed by atoms with Gasteiger partial charge in [0.15, 0.2) is 0 Å². The number of rotatable bonds is 6. The Morgan fingerprint density at radius 3 is 2.50 bits per heavy atom. The topological polar surface area (TPSA) is 65.2 Å². The van der Waals surface area contributed by atoms with Gasteiger partial charge in [0, 0.05) is 36.6 Å². The highest BCUT2D eigenvalue weighted by molar-refractivity contribution is 5.92. The van der Waals surface area contributed by atoms with Crippen LogP contribution in [0.25, 0.3) is 10.9 Å². The number of fused-ring (bicyclic) bond motifs is 1. The second kappa shape index (κ2) is 8.30. The number of benzene rings is 2. The molecule has 1 aliphatic rings. The molecule has 0 saturated carbocycles. The average Bonchev–Trinajstić information content (AvgIpc) is 3.38. The number of hydrogen-bond donors (Lipinski definition) is 2. The number of hydrogen-bond acceptors (Lipinski definition) is 2. The van der Waals surface area contributed by atoms with Gasteiger partial charge < -0.3 is 15.2 Å². The fourth-order valence-electron chi connectivity index (χ4n) is 3.90. The molecule has 1 fully saturated rings. The van der Waals surface area contributed by atoms with Crippen LogP contribution in [0.15, 0.2) is 60.8 Å². The maximum Gasteiger partial charge on any atom is 0.245 e. The molecule has 2 N–H and O–H groups in total. The number of aromatic amines is 1. The second-order valence-electron chi connectivity index (χ2n) is 7.38. The van der Waals surface area contributed by atoms with Gasteiger partial charge in [-0.1, -0.05) is 48.5 Å². The molecule has 5 heteroatoms. The van der Waals surface area contributed by atoms with Crippen LogP contribution in [-0.2, 0) is 22.4 Å². The molecule has 3 aromatic rings. The van der Waals surface area contributed by atoms with Crippen LogP contribution in [0.5, 0.6) is 0 Å². The van der Waals surface area contributed by atoms with Crippen molar-refractivity contribution in [3.8, 4) is 0 Å². The Hall–Kier alpha value is -3.08. The van der Waals surface area contributed by atoms with Crippen LogP contribution < -0.4 is 5.32 Å². The van der Waals surface area contributed by atoms with E-state index in [1.807, 2.05) is 65.7 Å². The molecule has 1 saturated heterocycles. The molecule has 0 bridgehead atoms. The van der Waals surface area contributed by atoms with E-state index in [4.69, 9.17) is 0 Å². The fourth-order valence-corrected chi connectivity index (χ4v) is 3.90. The molecular weight excluding hydrogens is 350 g/mol. The van der Waals surface area contributed by atoms with Crippen molar-refractivity contribution in [1.82, 2.24) is 15.2 Å². The van der Waals surface area contributed by atoms with Crippen LogP contribution >= 0.6 is 0 Å². The quantitative estimate of drug-likeness (QED) is 0.695. The number of nitrogens with one attached hydrogen (secondary N) is 2. The van der Waals surface area contributed by atoms with Crippen molar-refractivity contribution in [1.29, 1.82) is 0 Å². The van der Waals surface area contributed by atoms with Crippen LogP contribution in [0.2, 0.25) is 0 Å². The van der Waals surface area contributed by atoms with Gasteiger partial charge in [0.1, 0.15) is 6.04 Å². The molecule has 2 heterocycles. The summed E-state index contributed by atoms with van der Waals surface area (Å²) in [6.45, 7) is 1.56. The van der Waals surface area contributed by atoms with E-state index in [-0.39, 0.29) is 18.2 Å². The number of likely N-dealkylation sites (tertiary alicyclic amines) is 1. The van der Waals surface area contributed by atoms with E-state index >= 15 is 0 Å². The largest absolute Gasteiger partial charge is 0.361 e. The minimum atomic E-state index is -0.529. The highest BCUT2D eigenvalue weighted by Crippen LogP contribution is 2.18. The zero-order valence-electron chi connectivity index (χ0n) is 15.9. The fraction of sp³-hybridized carbons (Fsp3) is 0.304. The van der Waals surface area contributed by atoms with Crippen molar-refractivity contribution in [2.24, 2.45) is 0 Å². The summed E-state index contributed by atoms with van der Waals surface area (Å²) in [5.41, 5.74) is 3.01. The highest BCUT2D eigenvalue weighted by Gasteiger charge is 2.28. The van der Waals surface area contributed by atoms with Crippen LogP contribution in [0.3, 0.4) is 0 Å². The Balaban J connectivity index is 1.49. The smallest absolute Gasteiger partial charge is 0.245 e. The molecule has 5 nitrogen and oxygen atoms in total. The Bertz CT molecular complexity index is 958. The van der Waals surface area contributed by atoms with Crippen molar-refractivity contribution in [3.63, 3.8) is 0 Å². The lowest BCUT2D eigenvalue weighted by atomic mass is 10.0. The lowest BCUT2D eigenvalue weighted by Gasteiger charge is -2.24. The van der Waals surface area contributed by atoms with Crippen LogP contribution in [0, 0.1) is 0 Å². The van der Waals surface area contributed by atoms with Gasteiger partial charge in [-0.15, -0.1) is 0 Å². The van der Waals surface area contributed by atoms with E-state index in [2.05, 4.69) is 10.3 Å². The molecule has 1 aliphatic heterocycles. The Labute approximate surface area is 164 Å². The minimum Gasteiger partial charge on any atom is -0.361 e. The lowest BCUT2D eigenvalue weighted by molar-refractivity contribution is -0.135. The molecule has 144 valence electrons. The maximum absolute atomic E-state index is 13.0. The third kappa shape index (κ3) is 4.09. The number of carbonyl (C=O) groups is 2. The van der Waals surface area contributed by atoms with Crippen LogP contribution in [-0.4, -0.2) is 40.8 Å². The number of H-pyrrole nitrogens is 1. The normalized spacial score (nSPS) is 14.9. The molecule has 0 radical (unpaired) electrons. The van der Waals surface area contributed by atoms with Crippen LogP contribution in [0.1, 0.15) is 24.0 Å². The molecular formula is C23H25N3O2. The molecule has 4 rings (SSSR count). The minimum absolute atomic E-state index is 0.0219. The standard InChI is InChI=1S/C23H25N3O2/c27-22(15-18-16-24-20-11-5-4-10-19(18)20)25-21(14-17-8-2-1-3-9-17)23(28)26-12-6-7-13-26/h1-5,8-11,16,21,24H,6-7,12-15H2,(H,25,27)/t21-/m1/s1. The third-order valence-electron chi connectivity index (χ3n) is 5.36. The number of amides is 2. The average molecular weight is 375 g/mol. The molecule has 0 aliphatic carbocycles. The van der Waals surface area contributed by atoms with Gasteiger partial charge >= 0.3 is 0 Å². The second-order valence-corrected chi connectivity index (χ2v) is 7.38. The summed E-state index contributed by atoms with van der Waals surface area (Å²) in [7, 11) is 0. The molecule has 0 spiro atoms. The monoisotopic (exact) mass is 375 g/mol. The van der Waals surface area contributed by atoms with E-state index in [9.17, 15) is 9.59 Å². The van der Waals surface area contributed by atoms with E-state index in [1.54, 1.807) is 0 Å². The van der Waals surface area contributed by atoms with Crippen molar-refractivity contribution in [2.45, 2.75) is 31.7 Å². The van der Waals surface area contributed by atoms with Crippen molar-refractivity contribution in [3.05, 3.63) is 71.9 Å². The third-order valence-corrected chi connectivity index (χ3v) is 5.36. The molecule has 28 heavy (non-hydrogen) atoms. The highest BCUT2D eigenvalue weighted by atomic mass is 16.2.